The molecule has 0 aliphatic rings. The summed E-state index contributed by atoms with van der Waals surface area (Å²) in [6.45, 7) is 3.58. The lowest BCUT2D eigenvalue weighted by atomic mass is 10.2. The highest BCUT2D eigenvalue weighted by molar-refractivity contribution is 7.89. The number of hydrogen-bond donors (Lipinski definition) is 1. The minimum absolute atomic E-state index is 0.149. The highest BCUT2D eigenvalue weighted by atomic mass is 32.2. The van der Waals surface area contributed by atoms with Crippen molar-refractivity contribution in [3.05, 3.63) is 66.4 Å². The quantitative estimate of drug-likeness (QED) is 0.474. The third kappa shape index (κ3) is 4.30. The molecule has 4 rings (SSSR count). The number of nitrogens with one attached hydrogen (secondary N) is 1. The third-order valence-electron chi connectivity index (χ3n) is 4.95. The van der Waals surface area contributed by atoms with Gasteiger partial charge in [0.1, 0.15) is 23.1 Å². The van der Waals surface area contributed by atoms with E-state index in [2.05, 4.69) is 14.9 Å². The molecule has 10 heteroatoms. The molecule has 0 aliphatic heterocycles. The second-order valence-electron chi connectivity index (χ2n) is 7.30. The molecule has 0 saturated carbocycles. The van der Waals surface area contributed by atoms with Crippen molar-refractivity contribution in [1.29, 1.82) is 0 Å². The van der Waals surface area contributed by atoms with Gasteiger partial charge in [-0.1, -0.05) is 0 Å². The molecule has 1 atom stereocenters. The molecule has 0 bridgehead atoms. The lowest BCUT2D eigenvalue weighted by Crippen LogP contribution is -2.36. The maximum absolute atomic E-state index is 13.2. The van der Waals surface area contributed by atoms with Crippen LogP contribution in [0.15, 0.2) is 59.8 Å². The molecule has 0 fully saturated rings. The molecule has 4 aromatic rings. The second-order valence-corrected chi connectivity index (χ2v) is 8.99. The molecule has 162 valence electrons. The largest absolute Gasteiger partial charge is 0.492 e. The maximum atomic E-state index is 13.2. The van der Waals surface area contributed by atoms with Crippen LogP contribution in [-0.2, 0) is 17.1 Å². The Morgan fingerprint density at radius 2 is 1.87 bits per heavy atom. The van der Waals surface area contributed by atoms with Crippen molar-refractivity contribution < 1.29 is 17.5 Å². The Morgan fingerprint density at radius 3 is 2.55 bits per heavy atom. The molecular weight excluding hydrogens is 421 g/mol. The summed E-state index contributed by atoms with van der Waals surface area (Å²) < 4.78 is 49.9. The monoisotopic (exact) mass is 443 g/mol. The van der Waals surface area contributed by atoms with Gasteiger partial charge in [-0.15, -0.1) is 0 Å². The van der Waals surface area contributed by atoms with Crippen LogP contribution in [0.1, 0.15) is 12.6 Å². The summed E-state index contributed by atoms with van der Waals surface area (Å²) >= 11 is 0. The molecule has 8 nitrogen and oxygen atoms in total. The first-order chi connectivity index (χ1) is 14.7. The van der Waals surface area contributed by atoms with Crippen LogP contribution in [0.2, 0.25) is 0 Å². The van der Waals surface area contributed by atoms with E-state index in [0.29, 0.717) is 11.4 Å². The van der Waals surface area contributed by atoms with Crippen LogP contribution in [-0.4, -0.2) is 40.6 Å². The van der Waals surface area contributed by atoms with E-state index in [4.69, 9.17) is 4.74 Å². The number of sulfonamides is 1. The molecule has 31 heavy (non-hydrogen) atoms. The number of aryl methyl sites for hydroxylation is 1. The Hall–Kier alpha value is -3.24. The number of hydrogen-bond acceptors (Lipinski definition) is 5. The van der Waals surface area contributed by atoms with Crippen molar-refractivity contribution >= 4 is 20.9 Å². The average Bonchev–Trinajstić information content (AvgIpc) is 3.30. The molecule has 2 heterocycles. The smallest absolute Gasteiger partial charge is 0.244 e. The van der Waals surface area contributed by atoms with Crippen LogP contribution < -0.4 is 9.46 Å². The maximum Gasteiger partial charge on any atom is 0.244 e. The van der Waals surface area contributed by atoms with Gasteiger partial charge in [-0.25, -0.2) is 22.2 Å². The van der Waals surface area contributed by atoms with E-state index in [1.165, 1.54) is 23.0 Å². The highest BCUT2D eigenvalue weighted by Gasteiger charge is 2.22. The van der Waals surface area contributed by atoms with Crippen molar-refractivity contribution in [2.75, 3.05) is 6.61 Å². The van der Waals surface area contributed by atoms with Crippen molar-refractivity contribution in [3.63, 3.8) is 0 Å². The molecular formula is C21H22FN5O3S. The van der Waals surface area contributed by atoms with E-state index in [0.717, 1.165) is 16.6 Å². The van der Waals surface area contributed by atoms with Gasteiger partial charge in [-0.2, -0.15) is 10.2 Å². The van der Waals surface area contributed by atoms with Crippen molar-refractivity contribution in [2.45, 2.75) is 24.8 Å². The fourth-order valence-electron chi connectivity index (χ4n) is 3.21. The van der Waals surface area contributed by atoms with Gasteiger partial charge in [-0.3, -0.25) is 4.68 Å². The number of ether oxygens (including phenoxy) is 1. The van der Waals surface area contributed by atoms with Gasteiger partial charge in [0, 0.05) is 12.4 Å². The first-order valence-corrected chi connectivity index (χ1v) is 11.1. The Kier molecular flexibility index (Phi) is 5.50. The predicted octanol–water partition coefficient (Wildman–Crippen LogP) is 2.95. The van der Waals surface area contributed by atoms with Crippen LogP contribution in [0.5, 0.6) is 5.75 Å². The Morgan fingerprint density at radius 1 is 1.13 bits per heavy atom. The van der Waals surface area contributed by atoms with Crippen LogP contribution in [0.3, 0.4) is 0 Å². The second kappa shape index (κ2) is 8.12. The minimum Gasteiger partial charge on any atom is -0.492 e. The zero-order valence-electron chi connectivity index (χ0n) is 17.3. The predicted molar refractivity (Wildman–Crippen MR) is 114 cm³/mol. The number of halogens is 1. The zero-order chi connectivity index (χ0) is 22.2. The van der Waals surface area contributed by atoms with Gasteiger partial charge < -0.3 is 4.74 Å². The van der Waals surface area contributed by atoms with Crippen molar-refractivity contribution in [3.8, 4) is 11.4 Å². The Labute approximate surface area is 179 Å². The van der Waals surface area contributed by atoms with Crippen LogP contribution in [0, 0.1) is 12.7 Å². The van der Waals surface area contributed by atoms with E-state index >= 15 is 0 Å². The topological polar surface area (TPSA) is 91.0 Å². The summed E-state index contributed by atoms with van der Waals surface area (Å²) in [6.07, 6.45) is 3.03. The van der Waals surface area contributed by atoms with Crippen LogP contribution in [0.4, 0.5) is 4.39 Å². The summed E-state index contributed by atoms with van der Waals surface area (Å²) in [5.41, 5.74) is 2.16. The standard InChI is InChI=1S/C21H22FN5O3S/c1-14(25-31(28,29)21-12-23-26(3)15(21)2)13-30-19-8-9-20-16(10-19)11-24-27(20)18-6-4-17(22)5-7-18/h4-12,14,25H,13H2,1-3H3/t14-/m0/s1. The fourth-order valence-corrected chi connectivity index (χ4v) is 4.65. The molecule has 1 N–H and O–H groups in total. The highest BCUT2D eigenvalue weighted by Crippen LogP contribution is 2.23. The molecule has 0 aliphatic carbocycles. The lowest BCUT2D eigenvalue weighted by Gasteiger charge is -2.15. The molecule has 0 unspecified atom stereocenters. The van der Waals surface area contributed by atoms with E-state index in [1.54, 1.807) is 50.0 Å². The fraction of sp³-hybridized carbons (Fsp3) is 0.238. The Balaban J connectivity index is 1.44. The number of nitrogens with zero attached hydrogens (tertiary/aromatic N) is 4. The summed E-state index contributed by atoms with van der Waals surface area (Å²) in [5.74, 6) is 0.286. The van der Waals surface area contributed by atoms with Crippen molar-refractivity contribution in [1.82, 2.24) is 24.3 Å². The summed E-state index contributed by atoms with van der Waals surface area (Å²) in [6, 6.07) is 11.1. The van der Waals surface area contributed by atoms with Gasteiger partial charge in [0.2, 0.25) is 10.0 Å². The first-order valence-electron chi connectivity index (χ1n) is 9.62. The molecule has 0 spiro atoms. The first kappa shape index (κ1) is 21.0. The number of benzene rings is 2. The number of fused-ring (bicyclic) bond motifs is 1. The minimum atomic E-state index is -3.69. The van der Waals surface area contributed by atoms with Crippen LogP contribution in [0.25, 0.3) is 16.6 Å². The van der Waals surface area contributed by atoms with Gasteiger partial charge >= 0.3 is 0 Å². The van der Waals surface area contributed by atoms with Gasteiger partial charge in [0.25, 0.3) is 0 Å². The third-order valence-corrected chi connectivity index (χ3v) is 6.64. The molecule has 2 aromatic carbocycles. The van der Waals surface area contributed by atoms with E-state index < -0.39 is 16.1 Å². The SMILES string of the molecule is Cc1c(S(=O)(=O)N[C@@H](C)COc2ccc3c(cnn3-c3ccc(F)cc3)c2)cnn1C. The molecule has 0 saturated heterocycles. The van der Waals surface area contributed by atoms with E-state index in [1.807, 2.05) is 12.1 Å². The Bertz CT molecular complexity index is 1330. The van der Waals surface area contributed by atoms with Gasteiger partial charge in [0.15, 0.2) is 0 Å². The van der Waals surface area contributed by atoms with Crippen molar-refractivity contribution in [2.24, 2.45) is 7.05 Å². The zero-order valence-corrected chi connectivity index (χ0v) is 18.1. The van der Waals surface area contributed by atoms with Gasteiger partial charge in [0.05, 0.1) is 35.3 Å². The molecule has 0 radical (unpaired) electrons. The molecule has 0 amide bonds. The summed E-state index contributed by atoms with van der Waals surface area (Å²) in [7, 11) is -2.00. The van der Waals surface area contributed by atoms with E-state index in [9.17, 15) is 12.8 Å². The average molecular weight is 444 g/mol. The molecule has 2 aromatic heterocycles. The number of rotatable bonds is 7. The lowest BCUT2D eigenvalue weighted by molar-refractivity contribution is 0.288. The van der Waals surface area contributed by atoms with E-state index in [-0.39, 0.29) is 17.3 Å². The van der Waals surface area contributed by atoms with Gasteiger partial charge in [-0.05, 0) is 56.3 Å². The normalized spacial score (nSPS) is 12.9. The summed E-state index contributed by atoms with van der Waals surface area (Å²) in [4.78, 5) is 0.150. The van der Waals surface area contributed by atoms with Crippen LogP contribution >= 0.6 is 0 Å². The summed E-state index contributed by atoms with van der Waals surface area (Å²) in [5, 5.41) is 9.19. The number of aromatic nitrogens is 4.